The van der Waals surface area contributed by atoms with Gasteiger partial charge in [-0.1, -0.05) is 41.4 Å². The zero-order valence-electron chi connectivity index (χ0n) is 27.1. The first-order chi connectivity index (χ1) is 22.0. The highest BCUT2D eigenvalue weighted by Gasteiger charge is 2.44. The summed E-state index contributed by atoms with van der Waals surface area (Å²) in [5.41, 5.74) is 2.93. The van der Waals surface area contributed by atoms with E-state index in [1.165, 1.54) is 5.56 Å². The molecule has 0 bridgehead atoms. The molecule has 0 radical (unpaired) electrons. The van der Waals surface area contributed by atoms with Crippen LogP contribution in [-0.4, -0.2) is 61.1 Å². The first kappa shape index (κ1) is 35.3. The lowest BCUT2D eigenvalue weighted by molar-refractivity contribution is 0.0152. The number of ether oxygens (including phenoxy) is 4. The Kier molecular flexibility index (Phi) is 10.7. The van der Waals surface area contributed by atoms with Crippen molar-refractivity contribution in [2.75, 3.05) is 39.4 Å². The largest absolute Gasteiger partial charge is 0.508 e. The Bertz CT molecular complexity index is 1560. The molecule has 2 saturated heterocycles. The van der Waals surface area contributed by atoms with Gasteiger partial charge in [-0.25, -0.2) is 4.79 Å². The number of hydrogen-bond donors (Lipinski definition) is 2. The number of phenolic OH excluding ortho intramolecular Hbond substituents is 1. The summed E-state index contributed by atoms with van der Waals surface area (Å²) in [6, 6.07) is 16.9. The molecule has 0 aromatic heterocycles. The first-order valence-corrected chi connectivity index (χ1v) is 16.7. The van der Waals surface area contributed by atoms with E-state index in [-0.39, 0.29) is 35.1 Å². The monoisotopic (exact) mass is 704 g/mol. The van der Waals surface area contributed by atoms with E-state index in [9.17, 15) is 9.90 Å². The summed E-state index contributed by atoms with van der Waals surface area (Å²) in [5.74, 6) is 2.71. The highest BCUT2D eigenvalue weighted by molar-refractivity contribution is 6.35. The number of fused-ring (bicyclic) bond motifs is 4. The van der Waals surface area contributed by atoms with Gasteiger partial charge in [-0.05, 0) is 83.8 Å². The number of carbonyl (C=O) groups is 1. The third-order valence-corrected chi connectivity index (χ3v) is 10.2. The van der Waals surface area contributed by atoms with Gasteiger partial charge < -0.3 is 34.3 Å². The molecule has 3 aromatic rings. The zero-order chi connectivity index (χ0) is 32.5. The van der Waals surface area contributed by atoms with Gasteiger partial charge in [0.25, 0.3) is 0 Å². The maximum absolute atomic E-state index is 12.1. The van der Waals surface area contributed by atoms with Crippen LogP contribution in [0.3, 0.4) is 0 Å². The number of halogens is 3. The van der Waals surface area contributed by atoms with Gasteiger partial charge in [-0.3, -0.25) is 0 Å². The van der Waals surface area contributed by atoms with Gasteiger partial charge in [0, 0.05) is 62.8 Å². The SMILES string of the molecule is CC(C)(C)OC(=O)N1CCC2(CC1)COc1cc(O)ccc12.Cl.Clc1cccc(Cl)c1COc1ccc2c(c1)OCC21CCNCC1. The Labute approximate surface area is 293 Å². The lowest BCUT2D eigenvalue weighted by atomic mass is 9.74. The molecular formula is C36H43Cl3N2O6. The minimum absolute atomic E-state index is 0. The number of hydrogen-bond acceptors (Lipinski definition) is 7. The molecule has 11 heteroatoms. The van der Waals surface area contributed by atoms with E-state index >= 15 is 0 Å². The van der Waals surface area contributed by atoms with E-state index in [0.717, 1.165) is 73.8 Å². The van der Waals surface area contributed by atoms with Crippen molar-refractivity contribution in [1.82, 2.24) is 10.2 Å². The molecule has 4 aliphatic rings. The Morgan fingerprint density at radius 1 is 0.894 bits per heavy atom. The van der Waals surface area contributed by atoms with Gasteiger partial charge in [0.1, 0.15) is 35.2 Å². The number of phenols is 1. The molecule has 0 saturated carbocycles. The fraction of sp³-hybridized carbons (Fsp3) is 0.472. The topological polar surface area (TPSA) is 89.5 Å². The molecule has 3 aromatic carbocycles. The van der Waals surface area contributed by atoms with E-state index in [2.05, 4.69) is 11.4 Å². The van der Waals surface area contributed by atoms with Crippen molar-refractivity contribution in [2.45, 2.75) is 69.5 Å². The first-order valence-electron chi connectivity index (χ1n) is 16.0. The van der Waals surface area contributed by atoms with E-state index in [1.807, 2.05) is 57.2 Å². The smallest absolute Gasteiger partial charge is 0.410 e. The fourth-order valence-electron chi connectivity index (χ4n) is 6.81. The average molecular weight is 706 g/mol. The number of rotatable bonds is 3. The minimum Gasteiger partial charge on any atom is -0.508 e. The highest BCUT2D eigenvalue weighted by atomic mass is 35.5. The predicted molar refractivity (Wildman–Crippen MR) is 186 cm³/mol. The van der Waals surface area contributed by atoms with Crippen LogP contribution in [-0.2, 0) is 22.2 Å². The highest BCUT2D eigenvalue weighted by Crippen LogP contribution is 2.47. The van der Waals surface area contributed by atoms with Gasteiger partial charge in [0.15, 0.2) is 0 Å². The molecule has 1 amide bonds. The third kappa shape index (κ3) is 7.67. The van der Waals surface area contributed by atoms with Crippen LogP contribution in [0, 0.1) is 0 Å². The van der Waals surface area contributed by atoms with Crippen molar-refractivity contribution in [2.24, 2.45) is 0 Å². The summed E-state index contributed by atoms with van der Waals surface area (Å²) in [6.45, 7) is 10.8. The van der Waals surface area contributed by atoms with E-state index in [4.69, 9.17) is 42.1 Å². The molecule has 254 valence electrons. The number of carbonyl (C=O) groups excluding carboxylic acids is 1. The van der Waals surface area contributed by atoms with Crippen molar-refractivity contribution in [1.29, 1.82) is 0 Å². The number of aromatic hydroxyl groups is 1. The molecule has 4 aliphatic heterocycles. The van der Waals surface area contributed by atoms with Gasteiger partial charge in [-0.15, -0.1) is 12.4 Å². The molecule has 7 rings (SSSR count). The lowest BCUT2D eigenvalue weighted by Gasteiger charge is -2.38. The summed E-state index contributed by atoms with van der Waals surface area (Å²) in [6.07, 6.45) is 3.70. The number of nitrogens with zero attached hydrogens (tertiary/aromatic N) is 1. The number of benzene rings is 3. The second kappa shape index (κ2) is 14.2. The number of likely N-dealkylation sites (tertiary alicyclic amines) is 1. The second-order valence-electron chi connectivity index (χ2n) is 13.7. The molecule has 47 heavy (non-hydrogen) atoms. The molecular weight excluding hydrogens is 663 g/mol. The Morgan fingerprint density at radius 2 is 1.47 bits per heavy atom. The van der Waals surface area contributed by atoms with E-state index < -0.39 is 5.60 Å². The molecule has 2 spiro atoms. The molecule has 2 N–H and O–H groups in total. The lowest BCUT2D eigenvalue weighted by Crippen LogP contribution is -2.47. The van der Waals surface area contributed by atoms with Crippen LogP contribution in [0.25, 0.3) is 0 Å². The summed E-state index contributed by atoms with van der Waals surface area (Å²) >= 11 is 12.4. The molecule has 8 nitrogen and oxygen atoms in total. The molecule has 4 heterocycles. The standard InChI is InChI=1S/C19H19Cl2NO2.C17H23NO4.ClH/c20-16-2-1-3-17(21)14(16)11-23-13-4-5-15-18(10-13)24-12-19(15)6-8-22-9-7-19;1-16(2,3)22-15(20)18-8-6-17(7-9-18)11-21-14-10-12(19)4-5-13(14)17;/h1-5,10,22H,6-9,11-12H2;4-5,10,19H,6-9,11H2,1-3H3;1H. The molecule has 0 unspecified atom stereocenters. The fourth-order valence-corrected chi connectivity index (χ4v) is 7.31. The van der Waals surface area contributed by atoms with Gasteiger partial charge in [-0.2, -0.15) is 0 Å². The van der Waals surface area contributed by atoms with Crippen molar-refractivity contribution >= 4 is 41.7 Å². The number of amides is 1. The Balaban J connectivity index is 0.000000181. The molecule has 0 aliphatic carbocycles. The summed E-state index contributed by atoms with van der Waals surface area (Å²) in [5, 5.41) is 14.2. The van der Waals surface area contributed by atoms with Crippen LogP contribution in [0.5, 0.6) is 23.0 Å². The van der Waals surface area contributed by atoms with Crippen molar-refractivity contribution in [3.05, 3.63) is 81.3 Å². The zero-order valence-corrected chi connectivity index (χ0v) is 29.4. The van der Waals surface area contributed by atoms with Crippen LogP contribution in [0.1, 0.15) is 63.1 Å². The third-order valence-electron chi connectivity index (χ3n) is 9.45. The van der Waals surface area contributed by atoms with Gasteiger partial charge in [0.05, 0.1) is 13.2 Å². The average Bonchev–Trinajstić information content (AvgIpc) is 3.54. The van der Waals surface area contributed by atoms with Crippen LogP contribution < -0.4 is 19.5 Å². The van der Waals surface area contributed by atoms with Crippen LogP contribution in [0.15, 0.2) is 54.6 Å². The maximum Gasteiger partial charge on any atom is 0.410 e. The predicted octanol–water partition coefficient (Wildman–Crippen LogP) is 8.06. The Morgan fingerprint density at radius 3 is 2.09 bits per heavy atom. The maximum atomic E-state index is 12.1. The molecule has 0 atom stereocenters. The minimum atomic E-state index is -0.465. The summed E-state index contributed by atoms with van der Waals surface area (Å²) in [7, 11) is 0. The van der Waals surface area contributed by atoms with Crippen molar-refractivity contribution in [3.63, 3.8) is 0 Å². The van der Waals surface area contributed by atoms with E-state index in [1.54, 1.807) is 17.0 Å². The Hall–Kier alpha value is -3.04. The van der Waals surface area contributed by atoms with Crippen LogP contribution >= 0.6 is 35.6 Å². The van der Waals surface area contributed by atoms with Crippen molar-refractivity contribution < 1.29 is 28.8 Å². The second-order valence-corrected chi connectivity index (χ2v) is 14.5. The van der Waals surface area contributed by atoms with Crippen molar-refractivity contribution in [3.8, 4) is 23.0 Å². The number of nitrogens with one attached hydrogen (secondary N) is 1. The van der Waals surface area contributed by atoms with Crippen LogP contribution in [0.2, 0.25) is 10.0 Å². The number of piperidine rings is 2. The van der Waals surface area contributed by atoms with Gasteiger partial charge >= 0.3 is 6.09 Å². The molecule has 2 fully saturated rings. The quantitative estimate of drug-likeness (QED) is 0.285. The normalized spacial score (nSPS) is 18.5. The van der Waals surface area contributed by atoms with E-state index in [0.29, 0.717) is 36.3 Å². The van der Waals surface area contributed by atoms with Crippen LogP contribution in [0.4, 0.5) is 4.79 Å². The summed E-state index contributed by atoms with van der Waals surface area (Å²) < 4.78 is 23.1. The summed E-state index contributed by atoms with van der Waals surface area (Å²) in [4.78, 5) is 13.9. The van der Waals surface area contributed by atoms with Gasteiger partial charge in [0.2, 0.25) is 0 Å².